The van der Waals surface area contributed by atoms with E-state index in [9.17, 15) is 18.0 Å². The Bertz CT molecular complexity index is 660. The molecule has 0 spiro atoms. The quantitative estimate of drug-likeness (QED) is 0.854. The number of anilines is 1. The summed E-state index contributed by atoms with van der Waals surface area (Å²) in [7, 11) is 0. The molecule has 1 amide bonds. The first-order valence-corrected chi connectivity index (χ1v) is 7.00. The number of carbonyl (C=O) groups excluding carboxylic acids is 1. The summed E-state index contributed by atoms with van der Waals surface area (Å²) in [6.07, 6.45) is -4.92. The van der Waals surface area contributed by atoms with Crippen molar-refractivity contribution in [1.29, 1.82) is 0 Å². The zero-order chi connectivity index (χ0) is 16.2. The van der Waals surface area contributed by atoms with Gasteiger partial charge in [-0.2, -0.15) is 13.2 Å². The summed E-state index contributed by atoms with van der Waals surface area (Å²) in [6.45, 7) is 0.327. The van der Waals surface area contributed by atoms with Gasteiger partial charge in [-0.3, -0.25) is 4.79 Å². The maximum absolute atomic E-state index is 12.2. The van der Waals surface area contributed by atoms with Crippen molar-refractivity contribution in [3.05, 3.63) is 58.6 Å². The number of hydrogen-bond acceptors (Lipinski definition) is 2. The lowest BCUT2D eigenvalue weighted by molar-refractivity contribution is -0.167. The first-order chi connectivity index (χ1) is 10.4. The molecule has 1 N–H and O–H groups in total. The lowest BCUT2D eigenvalue weighted by Gasteiger charge is -2.11. The summed E-state index contributed by atoms with van der Waals surface area (Å²) in [5.74, 6) is -1.55. The van der Waals surface area contributed by atoms with Crippen molar-refractivity contribution in [2.24, 2.45) is 0 Å². The van der Waals surface area contributed by atoms with E-state index >= 15 is 0 Å². The molecule has 2 rings (SSSR count). The number of ether oxygens (including phenoxy) is 1. The molecule has 2 aromatic carbocycles. The van der Waals surface area contributed by atoms with Crippen LogP contribution in [0.3, 0.4) is 0 Å². The molecule has 0 bridgehead atoms. The van der Waals surface area contributed by atoms with E-state index in [1.807, 2.05) is 30.3 Å². The fraction of sp³-hybridized carbons (Fsp3) is 0.133. The molecular weight excluding hydrogens is 363 g/mol. The molecule has 0 unspecified atom stereocenters. The minimum Gasteiger partial charge on any atom is -0.488 e. The van der Waals surface area contributed by atoms with Gasteiger partial charge < -0.3 is 10.1 Å². The highest BCUT2D eigenvalue weighted by molar-refractivity contribution is 9.10. The molecule has 0 aliphatic carbocycles. The predicted molar refractivity (Wildman–Crippen MR) is 79.6 cm³/mol. The Morgan fingerprint density at radius 3 is 2.41 bits per heavy atom. The Kier molecular flexibility index (Phi) is 5.07. The largest absolute Gasteiger partial charge is 0.488 e. The summed E-state index contributed by atoms with van der Waals surface area (Å²) in [5, 5.41) is 1.77. The zero-order valence-corrected chi connectivity index (χ0v) is 12.7. The predicted octanol–water partition coefficient (Wildman–Crippen LogP) is 4.53. The van der Waals surface area contributed by atoms with Crippen LogP contribution >= 0.6 is 15.9 Å². The van der Waals surface area contributed by atoms with Crippen LogP contribution in [0.25, 0.3) is 0 Å². The third-order valence-electron chi connectivity index (χ3n) is 2.68. The maximum atomic E-state index is 12.2. The Morgan fingerprint density at radius 1 is 1.14 bits per heavy atom. The SMILES string of the molecule is O=C(Nc1ccc(OCc2ccccc2)c(Br)c1)C(F)(F)F. The van der Waals surface area contributed by atoms with Gasteiger partial charge in [0.2, 0.25) is 0 Å². The third-order valence-corrected chi connectivity index (χ3v) is 3.30. The number of hydrogen-bond donors (Lipinski definition) is 1. The summed E-state index contributed by atoms with van der Waals surface area (Å²) < 4.78 is 42.5. The summed E-state index contributed by atoms with van der Waals surface area (Å²) >= 11 is 3.20. The van der Waals surface area contributed by atoms with Gasteiger partial charge in [0.15, 0.2) is 0 Å². The topological polar surface area (TPSA) is 38.3 Å². The van der Waals surface area contributed by atoms with Gasteiger partial charge in [0.1, 0.15) is 12.4 Å². The standard InChI is InChI=1S/C15H11BrF3NO2/c16-12-8-11(20-14(21)15(17,18)19)6-7-13(12)22-9-10-4-2-1-3-5-10/h1-8H,9H2,(H,20,21). The van der Waals surface area contributed by atoms with Gasteiger partial charge in [0, 0.05) is 5.69 Å². The fourth-order valence-corrected chi connectivity index (χ4v) is 2.13. The van der Waals surface area contributed by atoms with Crippen LogP contribution in [-0.2, 0) is 11.4 Å². The maximum Gasteiger partial charge on any atom is 0.471 e. The van der Waals surface area contributed by atoms with Crippen LogP contribution < -0.4 is 10.1 Å². The van der Waals surface area contributed by atoms with Crippen LogP contribution in [0.15, 0.2) is 53.0 Å². The highest BCUT2D eigenvalue weighted by Crippen LogP contribution is 2.29. The molecule has 3 nitrogen and oxygen atoms in total. The molecule has 2 aromatic rings. The number of halogens is 4. The van der Waals surface area contributed by atoms with E-state index < -0.39 is 12.1 Å². The van der Waals surface area contributed by atoms with Crippen molar-refractivity contribution in [3.8, 4) is 5.75 Å². The van der Waals surface area contributed by atoms with Gasteiger partial charge in [0.05, 0.1) is 4.47 Å². The van der Waals surface area contributed by atoms with Crippen LogP contribution in [0.4, 0.5) is 18.9 Å². The second-order valence-electron chi connectivity index (χ2n) is 4.37. The minimum absolute atomic E-state index is 0.0289. The van der Waals surface area contributed by atoms with E-state index in [1.165, 1.54) is 18.2 Å². The molecule has 0 radical (unpaired) electrons. The molecular formula is C15H11BrF3NO2. The van der Waals surface area contributed by atoms with Crippen LogP contribution in [0, 0.1) is 0 Å². The smallest absolute Gasteiger partial charge is 0.471 e. The Balaban J connectivity index is 2.02. The molecule has 0 heterocycles. The first-order valence-electron chi connectivity index (χ1n) is 6.21. The number of carbonyl (C=O) groups is 1. The van der Waals surface area contributed by atoms with Crippen LogP contribution in [0.2, 0.25) is 0 Å². The van der Waals surface area contributed by atoms with Crippen LogP contribution in [0.1, 0.15) is 5.56 Å². The van der Waals surface area contributed by atoms with E-state index in [2.05, 4.69) is 15.9 Å². The van der Waals surface area contributed by atoms with Gasteiger partial charge in [-0.1, -0.05) is 30.3 Å². The molecule has 0 saturated heterocycles. The third kappa shape index (κ3) is 4.49. The number of benzene rings is 2. The number of amides is 1. The van der Waals surface area contributed by atoms with Gasteiger partial charge >= 0.3 is 12.1 Å². The van der Waals surface area contributed by atoms with Crippen molar-refractivity contribution >= 4 is 27.5 Å². The van der Waals surface area contributed by atoms with Crippen molar-refractivity contribution in [3.63, 3.8) is 0 Å². The highest BCUT2D eigenvalue weighted by Gasteiger charge is 2.38. The molecule has 7 heteroatoms. The van der Waals surface area contributed by atoms with Crippen LogP contribution in [-0.4, -0.2) is 12.1 Å². The normalized spacial score (nSPS) is 11.1. The van der Waals surface area contributed by atoms with Crippen molar-refractivity contribution in [2.75, 3.05) is 5.32 Å². The molecule has 116 valence electrons. The summed E-state index contributed by atoms with van der Waals surface area (Å²) in [4.78, 5) is 10.9. The average Bonchev–Trinajstić information content (AvgIpc) is 2.46. The molecule has 0 atom stereocenters. The van der Waals surface area contributed by atoms with E-state index in [0.717, 1.165) is 5.56 Å². The second-order valence-corrected chi connectivity index (χ2v) is 5.23. The molecule has 0 saturated carbocycles. The molecule has 0 fully saturated rings. The molecule has 0 aliphatic heterocycles. The monoisotopic (exact) mass is 373 g/mol. The molecule has 0 aliphatic rings. The Morgan fingerprint density at radius 2 is 1.82 bits per heavy atom. The number of rotatable bonds is 4. The Labute approximate surface area is 133 Å². The minimum atomic E-state index is -4.92. The van der Waals surface area contributed by atoms with Crippen molar-refractivity contribution in [1.82, 2.24) is 0 Å². The first kappa shape index (κ1) is 16.4. The van der Waals surface area contributed by atoms with Crippen LogP contribution in [0.5, 0.6) is 5.75 Å². The van der Waals surface area contributed by atoms with E-state index in [-0.39, 0.29) is 5.69 Å². The van der Waals surface area contributed by atoms with Gasteiger partial charge in [0.25, 0.3) is 0 Å². The second kappa shape index (κ2) is 6.83. The van der Waals surface area contributed by atoms with E-state index in [0.29, 0.717) is 16.8 Å². The van der Waals surface area contributed by atoms with Crippen molar-refractivity contribution < 1.29 is 22.7 Å². The van der Waals surface area contributed by atoms with Gasteiger partial charge in [-0.05, 0) is 39.7 Å². The zero-order valence-electron chi connectivity index (χ0n) is 11.2. The molecule has 22 heavy (non-hydrogen) atoms. The lowest BCUT2D eigenvalue weighted by atomic mass is 10.2. The number of alkyl halides is 3. The van der Waals surface area contributed by atoms with Gasteiger partial charge in [-0.25, -0.2) is 0 Å². The summed E-state index contributed by atoms with van der Waals surface area (Å²) in [5.41, 5.74) is 0.991. The van der Waals surface area contributed by atoms with E-state index in [1.54, 1.807) is 5.32 Å². The average molecular weight is 374 g/mol. The summed E-state index contributed by atoms with van der Waals surface area (Å²) in [6, 6.07) is 13.6. The van der Waals surface area contributed by atoms with Gasteiger partial charge in [-0.15, -0.1) is 0 Å². The van der Waals surface area contributed by atoms with Crippen molar-refractivity contribution in [2.45, 2.75) is 12.8 Å². The lowest BCUT2D eigenvalue weighted by Crippen LogP contribution is -2.29. The fourth-order valence-electron chi connectivity index (χ4n) is 1.63. The molecule has 0 aromatic heterocycles. The Hall–Kier alpha value is -2.02. The number of nitrogens with one attached hydrogen (secondary N) is 1. The van der Waals surface area contributed by atoms with E-state index in [4.69, 9.17) is 4.74 Å². The highest BCUT2D eigenvalue weighted by atomic mass is 79.9.